The largest absolute Gasteiger partial charge is 0.418 e. The summed E-state index contributed by atoms with van der Waals surface area (Å²) < 4.78 is 54.9. The van der Waals surface area contributed by atoms with Gasteiger partial charge in [0.1, 0.15) is 12.2 Å². The number of ether oxygens (including phenoxy) is 2. The van der Waals surface area contributed by atoms with Crippen LogP contribution in [0.25, 0.3) is 11.4 Å². The maximum Gasteiger partial charge on any atom is 0.418 e. The standard InChI is InChI=1S/C23H26ClF3N6O4S/c1-12-8-31-36-10-16(29-9-15(28)17-11-38-22(34)32-17)20(35-2)21(37-12)18-5-6-30-33(18)19-7-13(24)3-4-14(19)23(25,26)27/h3-7,9,11-12,16,20-21,29,31H,8,10,28H2,1-2H3,(H,32,34)/b15-9-/t12?,16-,20?,21?/m1/s1. The number of hydrogen-bond acceptors (Lipinski definition) is 9. The van der Waals surface area contributed by atoms with Crippen molar-refractivity contribution in [1.82, 2.24) is 25.6 Å². The molecule has 0 radical (unpaired) electrons. The molecule has 4 atom stereocenters. The Morgan fingerprint density at radius 3 is 2.87 bits per heavy atom. The Balaban J connectivity index is 1.74. The first-order valence-corrected chi connectivity index (χ1v) is 12.7. The van der Waals surface area contributed by atoms with Gasteiger partial charge in [-0.1, -0.05) is 22.9 Å². The quantitative estimate of drug-likeness (QED) is 0.353. The van der Waals surface area contributed by atoms with Gasteiger partial charge in [0.25, 0.3) is 0 Å². The molecule has 3 aromatic rings. The summed E-state index contributed by atoms with van der Waals surface area (Å²) in [5, 5.41) is 9.01. The zero-order chi connectivity index (χ0) is 27.4. The summed E-state index contributed by atoms with van der Waals surface area (Å²) in [5.41, 5.74) is 8.77. The lowest BCUT2D eigenvalue weighted by Crippen LogP contribution is -2.46. The van der Waals surface area contributed by atoms with E-state index in [2.05, 4.69) is 20.9 Å². The first-order valence-electron chi connectivity index (χ1n) is 11.4. The molecule has 0 spiro atoms. The molecule has 1 aliphatic rings. The molecule has 2 aromatic heterocycles. The molecular weight excluding hydrogens is 549 g/mol. The van der Waals surface area contributed by atoms with Crippen LogP contribution in [0, 0.1) is 0 Å². The van der Waals surface area contributed by atoms with Crippen molar-refractivity contribution in [2.75, 3.05) is 20.3 Å². The van der Waals surface area contributed by atoms with Crippen LogP contribution in [0.2, 0.25) is 5.02 Å². The number of hydroxylamine groups is 1. The second-order valence-corrected chi connectivity index (χ2v) is 9.77. The molecule has 1 aliphatic heterocycles. The van der Waals surface area contributed by atoms with Crippen LogP contribution in [0.15, 0.2) is 46.8 Å². The lowest BCUT2D eigenvalue weighted by atomic mass is 10.0. The number of nitrogens with zero attached hydrogens (tertiary/aromatic N) is 2. The number of hydrogen-bond donors (Lipinski definition) is 4. The van der Waals surface area contributed by atoms with Gasteiger partial charge < -0.3 is 25.5 Å². The maximum atomic E-state index is 13.9. The van der Waals surface area contributed by atoms with Crippen molar-refractivity contribution in [2.45, 2.75) is 37.5 Å². The third kappa shape index (κ3) is 6.39. The molecule has 5 N–H and O–H groups in total. The highest BCUT2D eigenvalue weighted by Gasteiger charge is 2.39. The third-order valence-corrected chi connectivity index (χ3v) is 6.73. The van der Waals surface area contributed by atoms with Gasteiger partial charge in [0.05, 0.1) is 47.1 Å². The van der Waals surface area contributed by atoms with Crippen LogP contribution in [0.4, 0.5) is 13.2 Å². The van der Waals surface area contributed by atoms with Crippen LogP contribution < -0.4 is 21.4 Å². The van der Waals surface area contributed by atoms with E-state index in [1.807, 2.05) is 0 Å². The summed E-state index contributed by atoms with van der Waals surface area (Å²) in [7, 11) is 1.45. The fourth-order valence-corrected chi connectivity index (χ4v) is 4.78. The Morgan fingerprint density at radius 1 is 1.39 bits per heavy atom. The minimum Gasteiger partial charge on any atom is -0.396 e. The van der Waals surface area contributed by atoms with Crippen molar-refractivity contribution in [1.29, 1.82) is 0 Å². The molecule has 0 saturated carbocycles. The number of thiazole rings is 1. The van der Waals surface area contributed by atoms with Gasteiger partial charge in [-0.3, -0.25) is 9.63 Å². The number of nitrogens with one attached hydrogen (secondary N) is 3. The first kappa shape index (κ1) is 28.1. The third-order valence-electron chi connectivity index (χ3n) is 5.82. The molecule has 15 heteroatoms. The summed E-state index contributed by atoms with van der Waals surface area (Å²) in [5.74, 6) is 0. The van der Waals surface area contributed by atoms with E-state index in [4.69, 9.17) is 31.6 Å². The number of aromatic nitrogens is 3. The SMILES string of the molecule is COC1C(c2ccnn2-c2cc(Cl)ccc2C(F)(F)F)OC(C)CNOC[C@H]1N/C=C(\N)c1csc(=O)[nH]1. The molecule has 3 unspecified atom stereocenters. The predicted molar refractivity (Wildman–Crippen MR) is 136 cm³/mol. The topological polar surface area (TPSA) is 128 Å². The molecule has 0 amide bonds. The van der Waals surface area contributed by atoms with Crippen LogP contribution in [0.5, 0.6) is 0 Å². The van der Waals surface area contributed by atoms with Crippen molar-refractivity contribution >= 4 is 28.6 Å². The van der Waals surface area contributed by atoms with E-state index in [-0.39, 0.29) is 27.9 Å². The van der Waals surface area contributed by atoms with Crippen molar-refractivity contribution in [3.8, 4) is 5.69 Å². The molecule has 4 rings (SSSR count). The number of rotatable bonds is 6. The normalized spacial score (nSPS) is 23.5. The van der Waals surface area contributed by atoms with E-state index < -0.39 is 36.1 Å². The van der Waals surface area contributed by atoms with Crippen LogP contribution in [-0.4, -0.2) is 53.3 Å². The van der Waals surface area contributed by atoms with E-state index in [9.17, 15) is 18.0 Å². The van der Waals surface area contributed by atoms with E-state index in [1.165, 1.54) is 31.6 Å². The van der Waals surface area contributed by atoms with Gasteiger partial charge in [0.15, 0.2) is 0 Å². The first-order chi connectivity index (χ1) is 18.1. The molecule has 1 aromatic carbocycles. The van der Waals surface area contributed by atoms with Crippen LogP contribution >= 0.6 is 22.9 Å². The average molecular weight is 575 g/mol. The molecule has 1 fully saturated rings. The number of H-pyrrole nitrogens is 1. The zero-order valence-corrected chi connectivity index (χ0v) is 21.9. The van der Waals surface area contributed by atoms with E-state index >= 15 is 0 Å². The minimum atomic E-state index is -4.65. The molecule has 1 saturated heterocycles. The Hall–Kier alpha value is -2.88. The van der Waals surface area contributed by atoms with Crippen molar-refractivity contribution in [3.05, 3.63) is 73.7 Å². The summed E-state index contributed by atoms with van der Waals surface area (Å²) in [4.78, 5) is 19.4. The molecule has 38 heavy (non-hydrogen) atoms. The predicted octanol–water partition coefficient (Wildman–Crippen LogP) is 3.21. The van der Waals surface area contributed by atoms with E-state index in [0.717, 1.165) is 22.1 Å². The van der Waals surface area contributed by atoms with Crippen LogP contribution in [0.1, 0.15) is 30.0 Å². The Morgan fingerprint density at radius 2 is 2.18 bits per heavy atom. The monoisotopic (exact) mass is 574 g/mol. The van der Waals surface area contributed by atoms with Crippen molar-refractivity contribution in [2.24, 2.45) is 5.73 Å². The number of nitrogens with two attached hydrogens (primary N) is 1. The molecule has 3 heterocycles. The van der Waals surface area contributed by atoms with Gasteiger partial charge >= 0.3 is 11.0 Å². The summed E-state index contributed by atoms with van der Waals surface area (Å²) >= 11 is 7.05. The van der Waals surface area contributed by atoms with Crippen molar-refractivity contribution in [3.63, 3.8) is 0 Å². The van der Waals surface area contributed by atoms with Gasteiger partial charge in [-0.2, -0.15) is 23.8 Å². The summed E-state index contributed by atoms with van der Waals surface area (Å²) in [6.45, 7) is 2.16. The van der Waals surface area contributed by atoms with Gasteiger partial charge in [-0.25, -0.2) is 4.68 Å². The second-order valence-electron chi connectivity index (χ2n) is 8.49. The van der Waals surface area contributed by atoms with Gasteiger partial charge in [-0.05, 0) is 31.2 Å². The number of aromatic amines is 1. The van der Waals surface area contributed by atoms with Gasteiger partial charge in [-0.15, -0.1) is 0 Å². The highest BCUT2D eigenvalue weighted by Crippen LogP contribution is 2.37. The van der Waals surface area contributed by atoms with Crippen LogP contribution in [0.3, 0.4) is 0 Å². The second kappa shape index (κ2) is 11.9. The number of benzene rings is 1. The minimum absolute atomic E-state index is 0.0775. The number of halogens is 4. The summed E-state index contributed by atoms with van der Waals surface area (Å²) in [6.07, 6.45) is -3.87. The van der Waals surface area contributed by atoms with Gasteiger partial charge in [0.2, 0.25) is 0 Å². The van der Waals surface area contributed by atoms with Gasteiger partial charge in [0, 0.05) is 36.5 Å². The molecule has 10 nitrogen and oxygen atoms in total. The Bertz CT molecular complexity index is 1330. The average Bonchev–Trinajstić information content (AvgIpc) is 3.53. The molecular formula is C23H26ClF3N6O4S. The fraction of sp³-hybridized carbons (Fsp3) is 0.391. The highest BCUT2D eigenvalue weighted by molar-refractivity contribution is 7.07. The lowest BCUT2D eigenvalue weighted by molar-refractivity contribution is -0.137. The lowest BCUT2D eigenvalue weighted by Gasteiger charge is -2.33. The van der Waals surface area contributed by atoms with Crippen molar-refractivity contribution < 1.29 is 27.5 Å². The van der Waals surface area contributed by atoms with E-state index in [0.29, 0.717) is 17.9 Å². The maximum absolute atomic E-state index is 13.9. The highest BCUT2D eigenvalue weighted by atomic mass is 35.5. The molecule has 206 valence electrons. The smallest absolute Gasteiger partial charge is 0.396 e. The van der Waals surface area contributed by atoms with Crippen LogP contribution in [-0.2, 0) is 20.5 Å². The molecule has 0 bridgehead atoms. The zero-order valence-electron chi connectivity index (χ0n) is 20.3. The van der Waals surface area contributed by atoms with E-state index in [1.54, 1.807) is 18.4 Å². The number of alkyl halides is 3. The fourth-order valence-electron chi connectivity index (χ4n) is 4.02. The Kier molecular flexibility index (Phi) is 8.80. The summed E-state index contributed by atoms with van der Waals surface area (Å²) in [6, 6.07) is 4.25. The number of methoxy groups -OCH3 is 1. The Labute approximate surface area is 224 Å². The molecule has 0 aliphatic carbocycles.